The number of anilines is 1. The van der Waals surface area contributed by atoms with Gasteiger partial charge in [0, 0.05) is 25.5 Å². The monoisotopic (exact) mass is 346 g/mol. The van der Waals surface area contributed by atoms with E-state index in [2.05, 4.69) is 39.4 Å². The Kier molecular flexibility index (Phi) is 6.54. The molecular weight excluding hydrogens is 320 g/mol. The van der Waals surface area contributed by atoms with Crippen LogP contribution < -0.4 is 15.5 Å². The fourth-order valence-corrected chi connectivity index (χ4v) is 2.95. The second kappa shape index (κ2) is 8.63. The molecule has 24 heavy (non-hydrogen) atoms. The van der Waals surface area contributed by atoms with Gasteiger partial charge in [-0.1, -0.05) is 6.07 Å². The van der Waals surface area contributed by atoms with Crippen molar-refractivity contribution in [3.05, 3.63) is 39.5 Å². The molecule has 0 fully saturated rings. The van der Waals surface area contributed by atoms with E-state index < -0.39 is 0 Å². The van der Waals surface area contributed by atoms with E-state index in [-0.39, 0.29) is 0 Å². The zero-order chi connectivity index (χ0) is 17.5. The Morgan fingerprint density at radius 2 is 2.00 bits per heavy atom. The minimum Gasteiger partial charge on any atom is -0.363 e. The first kappa shape index (κ1) is 18.2. The molecule has 0 radical (unpaired) electrons. The largest absolute Gasteiger partial charge is 0.363 e. The van der Waals surface area contributed by atoms with Crippen LogP contribution in [0.5, 0.6) is 0 Å². The Balaban J connectivity index is 2.00. The molecule has 0 aromatic carbocycles. The third-order valence-corrected chi connectivity index (χ3v) is 4.55. The van der Waals surface area contributed by atoms with Gasteiger partial charge >= 0.3 is 0 Å². The third-order valence-electron chi connectivity index (χ3n) is 3.47. The van der Waals surface area contributed by atoms with E-state index in [4.69, 9.17) is 0 Å². The minimum atomic E-state index is 0.535. The summed E-state index contributed by atoms with van der Waals surface area (Å²) in [6.07, 6.45) is 0. The van der Waals surface area contributed by atoms with Crippen LogP contribution in [0.3, 0.4) is 0 Å². The molecule has 6 nitrogen and oxygen atoms in total. The molecule has 0 aliphatic carbocycles. The molecule has 0 unspecified atom stereocenters. The Bertz CT molecular complexity index is 673. The average Bonchev–Trinajstić information content (AvgIpc) is 2.88. The molecule has 7 heteroatoms. The highest BCUT2D eigenvalue weighted by Gasteiger charge is 2.05. The number of pyridine rings is 1. The van der Waals surface area contributed by atoms with E-state index in [1.165, 1.54) is 4.88 Å². The summed E-state index contributed by atoms with van der Waals surface area (Å²) in [5.74, 6) is 1.72. The van der Waals surface area contributed by atoms with Crippen molar-refractivity contribution in [3.8, 4) is 0 Å². The van der Waals surface area contributed by atoms with Crippen LogP contribution in [0.4, 0.5) is 5.82 Å². The van der Waals surface area contributed by atoms with Crippen molar-refractivity contribution < 1.29 is 0 Å². The lowest BCUT2D eigenvalue weighted by molar-refractivity contribution is 0.805. The molecule has 2 N–H and O–H groups in total. The molecule has 0 aliphatic heterocycles. The van der Waals surface area contributed by atoms with E-state index in [1.54, 1.807) is 11.3 Å². The quantitative estimate of drug-likeness (QED) is 0.621. The molecule has 0 saturated heterocycles. The Morgan fingerprint density at radius 3 is 2.62 bits per heavy atom. The summed E-state index contributed by atoms with van der Waals surface area (Å²) in [5.41, 5.74) is 2.04. The fourth-order valence-electron chi connectivity index (χ4n) is 2.08. The van der Waals surface area contributed by atoms with Crippen LogP contribution in [0, 0.1) is 13.8 Å². The molecule has 0 amide bonds. The van der Waals surface area contributed by atoms with E-state index in [1.807, 2.05) is 44.1 Å². The van der Waals surface area contributed by atoms with Gasteiger partial charge in [0.25, 0.3) is 0 Å². The van der Waals surface area contributed by atoms with E-state index in [0.29, 0.717) is 13.1 Å². The predicted molar refractivity (Wildman–Crippen MR) is 102 cm³/mol. The maximum Gasteiger partial charge on any atom is 0.191 e. The van der Waals surface area contributed by atoms with Gasteiger partial charge in [0.1, 0.15) is 10.8 Å². The molecule has 2 aromatic heterocycles. The van der Waals surface area contributed by atoms with Crippen molar-refractivity contribution in [1.29, 1.82) is 0 Å². The lowest BCUT2D eigenvalue weighted by Gasteiger charge is -2.12. The van der Waals surface area contributed by atoms with Gasteiger partial charge in [0.15, 0.2) is 5.96 Å². The number of hydrogen-bond donors (Lipinski definition) is 2. The zero-order valence-corrected chi connectivity index (χ0v) is 15.9. The molecule has 2 aromatic rings. The lowest BCUT2D eigenvalue weighted by atomic mass is 10.3. The smallest absolute Gasteiger partial charge is 0.191 e. The number of nitrogens with one attached hydrogen (secondary N) is 2. The van der Waals surface area contributed by atoms with E-state index in [0.717, 1.165) is 34.7 Å². The third kappa shape index (κ3) is 5.19. The first-order chi connectivity index (χ1) is 11.5. The van der Waals surface area contributed by atoms with Crippen LogP contribution in [-0.2, 0) is 13.1 Å². The Hall–Kier alpha value is -2.15. The van der Waals surface area contributed by atoms with Crippen LogP contribution in [0.1, 0.15) is 28.2 Å². The number of thiazole rings is 1. The minimum absolute atomic E-state index is 0.535. The van der Waals surface area contributed by atoms with Crippen LogP contribution >= 0.6 is 11.3 Å². The van der Waals surface area contributed by atoms with Gasteiger partial charge in [0.2, 0.25) is 0 Å². The standard InChI is InChI=1S/C17H26N6S/c1-6-18-17(20-11-16-21-12(2)13(3)24-16)19-10-14-8-7-9-15(22-14)23(4)5/h7-9H,6,10-11H2,1-5H3,(H2,18,19,20). The zero-order valence-electron chi connectivity index (χ0n) is 15.1. The molecule has 0 saturated carbocycles. The van der Waals surface area contributed by atoms with E-state index in [9.17, 15) is 0 Å². The van der Waals surface area contributed by atoms with Gasteiger partial charge in [-0.2, -0.15) is 0 Å². The topological polar surface area (TPSA) is 65.4 Å². The SMILES string of the molecule is CCNC(=NCc1cccc(N(C)C)n1)NCc1nc(C)c(C)s1. The average molecular weight is 347 g/mol. The summed E-state index contributed by atoms with van der Waals surface area (Å²) in [6.45, 7) is 8.22. The number of rotatable bonds is 6. The fraction of sp³-hybridized carbons (Fsp3) is 0.471. The Morgan fingerprint density at radius 1 is 1.21 bits per heavy atom. The lowest BCUT2D eigenvalue weighted by Crippen LogP contribution is -2.36. The summed E-state index contributed by atoms with van der Waals surface area (Å²) in [4.78, 5) is 17.0. The summed E-state index contributed by atoms with van der Waals surface area (Å²) in [5, 5.41) is 7.67. The molecule has 0 atom stereocenters. The molecule has 0 aliphatic rings. The maximum absolute atomic E-state index is 4.62. The van der Waals surface area contributed by atoms with Crippen LogP contribution in [0.15, 0.2) is 23.2 Å². The number of aromatic nitrogens is 2. The summed E-state index contributed by atoms with van der Waals surface area (Å²) >= 11 is 1.72. The number of guanidine groups is 1. The highest BCUT2D eigenvalue weighted by atomic mass is 32.1. The van der Waals surface area contributed by atoms with Crippen molar-refractivity contribution in [2.75, 3.05) is 25.5 Å². The van der Waals surface area contributed by atoms with Gasteiger partial charge in [-0.15, -0.1) is 11.3 Å². The molecule has 2 heterocycles. The van der Waals surface area contributed by atoms with Crippen molar-refractivity contribution >= 4 is 23.1 Å². The molecule has 0 spiro atoms. The van der Waals surface area contributed by atoms with Gasteiger partial charge in [-0.25, -0.2) is 15.0 Å². The van der Waals surface area contributed by atoms with Crippen molar-refractivity contribution in [2.45, 2.75) is 33.9 Å². The van der Waals surface area contributed by atoms with Gasteiger partial charge < -0.3 is 15.5 Å². The molecule has 2 rings (SSSR count). The van der Waals surface area contributed by atoms with Crippen molar-refractivity contribution in [3.63, 3.8) is 0 Å². The summed E-state index contributed by atoms with van der Waals surface area (Å²) in [7, 11) is 3.97. The number of aliphatic imine (C=N–C) groups is 1. The first-order valence-corrected chi connectivity index (χ1v) is 8.89. The first-order valence-electron chi connectivity index (χ1n) is 8.08. The molecular formula is C17H26N6S. The van der Waals surface area contributed by atoms with E-state index >= 15 is 0 Å². The highest BCUT2D eigenvalue weighted by molar-refractivity contribution is 7.11. The number of aryl methyl sites for hydroxylation is 2. The summed E-state index contributed by atoms with van der Waals surface area (Å²) in [6, 6.07) is 5.99. The number of nitrogens with zero attached hydrogens (tertiary/aromatic N) is 4. The number of hydrogen-bond acceptors (Lipinski definition) is 5. The normalized spacial score (nSPS) is 11.5. The maximum atomic E-state index is 4.62. The van der Waals surface area contributed by atoms with Crippen molar-refractivity contribution in [2.24, 2.45) is 4.99 Å². The Labute approximate surface area is 148 Å². The predicted octanol–water partition coefficient (Wildman–Crippen LogP) is 2.48. The second-order valence-corrected chi connectivity index (χ2v) is 6.97. The molecule has 0 bridgehead atoms. The molecule has 130 valence electrons. The summed E-state index contributed by atoms with van der Waals surface area (Å²) < 4.78 is 0. The van der Waals surface area contributed by atoms with Crippen LogP contribution in [0.25, 0.3) is 0 Å². The van der Waals surface area contributed by atoms with Crippen LogP contribution in [0.2, 0.25) is 0 Å². The second-order valence-electron chi connectivity index (χ2n) is 5.68. The van der Waals surface area contributed by atoms with Crippen LogP contribution in [-0.4, -0.2) is 36.6 Å². The van der Waals surface area contributed by atoms with Crippen molar-refractivity contribution in [1.82, 2.24) is 20.6 Å². The van der Waals surface area contributed by atoms with Gasteiger partial charge in [0.05, 0.1) is 24.5 Å². The van der Waals surface area contributed by atoms with Gasteiger partial charge in [-0.05, 0) is 32.9 Å². The highest BCUT2D eigenvalue weighted by Crippen LogP contribution is 2.15. The van der Waals surface area contributed by atoms with Gasteiger partial charge in [-0.3, -0.25) is 0 Å².